The summed E-state index contributed by atoms with van der Waals surface area (Å²) in [6.07, 6.45) is 1.71. The fourth-order valence-electron chi connectivity index (χ4n) is 2.60. The van der Waals surface area contributed by atoms with Crippen LogP contribution in [0.25, 0.3) is 10.9 Å². The zero-order valence-electron chi connectivity index (χ0n) is 14.2. The van der Waals surface area contributed by atoms with Gasteiger partial charge in [0.15, 0.2) is 0 Å². The fraction of sp³-hybridized carbons (Fsp3) is 0.211. The first-order chi connectivity index (χ1) is 12.2. The number of rotatable bonds is 5. The highest BCUT2D eigenvalue weighted by atomic mass is 16.5. The third-order valence-electron chi connectivity index (χ3n) is 3.91. The summed E-state index contributed by atoms with van der Waals surface area (Å²) in [7, 11) is 1.58. The van der Waals surface area contributed by atoms with Gasteiger partial charge in [-0.05, 0) is 30.7 Å². The number of pyridine rings is 2. The summed E-state index contributed by atoms with van der Waals surface area (Å²) in [4.78, 5) is 20.9. The van der Waals surface area contributed by atoms with Gasteiger partial charge in [0.05, 0.1) is 24.4 Å². The number of urea groups is 1. The fourth-order valence-corrected chi connectivity index (χ4v) is 2.60. The molecule has 2 amide bonds. The van der Waals surface area contributed by atoms with Crippen molar-refractivity contribution in [2.24, 2.45) is 0 Å². The van der Waals surface area contributed by atoms with Crippen LogP contribution in [0.1, 0.15) is 24.2 Å². The number of hydrogen-bond donors (Lipinski definition) is 2. The van der Waals surface area contributed by atoms with Crippen LogP contribution in [-0.2, 0) is 6.54 Å². The molecule has 0 bridgehead atoms. The summed E-state index contributed by atoms with van der Waals surface area (Å²) in [5, 5.41) is 6.75. The minimum Gasteiger partial charge on any atom is -0.481 e. The number of carbonyl (C=O) groups excluding carboxylic acids is 1. The van der Waals surface area contributed by atoms with E-state index >= 15 is 0 Å². The van der Waals surface area contributed by atoms with Gasteiger partial charge in [-0.1, -0.05) is 24.3 Å². The molecule has 1 aromatic carbocycles. The summed E-state index contributed by atoms with van der Waals surface area (Å²) >= 11 is 0. The Hall–Kier alpha value is -3.15. The number of para-hydroxylation sites is 1. The van der Waals surface area contributed by atoms with Crippen LogP contribution in [0.3, 0.4) is 0 Å². The molecule has 6 heteroatoms. The number of benzene rings is 1. The summed E-state index contributed by atoms with van der Waals surface area (Å²) in [5.41, 5.74) is 2.60. The van der Waals surface area contributed by atoms with Gasteiger partial charge >= 0.3 is 6.03 Å². The van der Waals surface area contributed by atoms with Crippen LogP contribution in [0.4, 0.5) is 4.79 Å². The SMILES string of the molecule is COc1cc(CNC(=O)NC(C)c2ccccn2)c2ccccc2n1. The largest absolute Gasteiger partial charge is 0.481 e. The lowest BCUT2D eigenvalue weighted by Crippen LogP contribution is -2.36. The predicted molar refractivity (Wildman–Crippen MR) is 96.3 cm³/mol. The maximum Gasteiger partial charge on any atom is 0.315 e. The molecule has 6 nitrogen and oxygen atoms in total. The second-order valence-electron chi connectivity index (χ2n) is 5.64. The summed E-state index contributed by atoms with van der Waals surface area (Å²) in [5.74, 6) is 0.526. The maximum absolute atomic E-state index is 12.2. The molecule has 1 atom stereocenters. The molecule has 1 unspecified atom stereocenters. The van der Waals surface area contributed by atoms with Crippen molar-refractivity contribution in [3.8, 4) is 5.88 Å². The molecule has 0 aliphatic rings. The zero-order chi connectivity index (χ0) is 17.6. The van der Waals surface area contributed by atoms with Crippen molar-refractivity contribution < 1.29 is 9.53 Å². The van der Waals surface area contributed by atoms with Crippen molar-refractivity contribution in [1.82, 2.24) is 20.6 Å². The van der Waals surface area contributed by atoms with Gasteiger partial charge < -0.3 is 15.4 Å². The number of aromatic nitrogens is 2. The van der Waals surface area contributed by atoms with Crippen molar-refractivity contribution in [2.75, 3.05) is 7.11 Å². The van der Waals surface area contributed by atoms with Gasteiger partial charge in [-0.25, -0.2) is 9.78 Å². The topological polar surface area (TPSA) is 76.1 Å². The van der Waals surface area contributed by atoms with Gasteiger partial charge in [0.1, 0.15) is 0 Å². The van der Waals surface area contributed by atoms with Gasteiger partial charge in [-0.2, -0.15) is 0 Å². The van der Waals surface area contributed by atoms with Gasteiger partial charge in [0.25, 0.3) is 0 Å². The zero-order valence-corrected chi connectivity index (χ0v) is 14.2. The van der Waals surface area contributed by atoms with Crippen molar-refractivity contribution in [2.45, 2.75) is 19.5 Å². The van der Waals surface area contributed by atoms with E-state index in [0.29, 0.717) is 12.4 Å². The molecule has 2 N–H and O–H groups in total. The molecule has 0 spiro atoms. The van der Waals surface area contributed by atoms with Crippen LogP contribution in [0.2, 0.25) is 0 Å². The molecule has 0 aliphatic carbocycles. The second kappa shape index (κ2) is 7.61. The minimum absolute atomic E-state index is 0.176. The summed E-state index contributed by atoms with van der Waals surface area (Å²) in [6, 6.07) is 14.8. The Balaban J connectivity index is 1.69. The number of nitrogens with one attached hydrogen (secondary N) is 2. The Labute approximate surface area is 146 Å². The minimum atomic E-state index is -0.252. The number of ether oxygens (including phenoxy) is 1. The third-order valence-corrected chi connectivity index (χ3v) is 3.91. The number of carbonyl (C=O) groups is 1. The Morgan fingerprint density at radius 1 is 1.20 bits per heavy atom. The molecule has 3 rings (SSSR count). The molecule has 3 aromatic rings. The van der Waals surface area contributed by atoms with Crippen molar-refractivity contribution >= 4 is 16.9 Å². The standard InChI is InChI=1S/C19H20N4O2/c1-13(16-8-5-6-10-20-16)22-19(24)21-12-14-11-18(25-2)23-17-9-4-3-7-15(14)17/h3-11,13H,12H2,1-2H3,(H2,21,22,24). The molecule has 0 fully saturated rings. The van der Waals surface area contributed by atoms with E-state index in [9.17, 15) is 4.79 Å². The normalized spacial score (nSPS) is 11.8. The van der Waals surface area contributed by atoms with Gasteiger partial charge in [0, 0.05) is 24.2 Å². The second-order valence-corrected chi connectivity index (χ2v) is 5.64. The summed E-state index contributed by atoms with van der Waals surface area (Å²) in [6.45, 7) is 2.27. The number of methoxy groups -OCH3 is 1. The molecule has 0 saturated carbocycles. The highest BCUT2D eigenvalue weighted by molar-refractivity contribution is 5.83. The van der Waals surface area contributed by atoms with Crippen molar-refractivity contribution in [1.29, 1.82) is 0 Å². The lowest BCUT2D eigenvalue weighted by molar-refractivity contribution is 0.237. The highest BCUT2D eigenvalue weighted by Crippen LogP contribution is 2.21. The molecule has 2 heterocycles. The molecule has 2 aromatic heterocycles. The van der Waals surface area contributed by atoms with E-state index in [1.54, 1.807) is 13.3 Å². The number of amides is 2. The van der Waals surface area contributed by atoms with Gasteiger partial charge in [-0.3, -0.25) is 4.98 Å². The molecule has 0 radical (unpaired) electrons. The average molecular weight is 336 g/mol. The Bertz CT molecular complexity index is 868. The van der Waals surface area contributed by atoms with Crippen LogP contribution in [0.15, 0.2) is 54.7 Å². The Morgan fingerprint density at radius 2 is 2.00 bits per heavy atom. The van der Waals surface area contributed by atoms with Crippen molar-refractivity contribution in [3.05, 3.63) is 66.0 Å². The molecule has 25 heavy (non-hydrogen) atoms. The van der Waals surface area contributed by atoms with E-state index in [4.69, 9.17) is 4.74 Å². The predicted octanol–water partition coefficient (Wildman–Crippen LogP) is 3.20. The monoisotopic (exact) mass is 336 g/mol. The van der Waals surface area contributed by atoms with Crippen LogP contribution < -0.4 is 15.4 Å². The van der Waals surface area contributed by atoms with Crippen molar-refractivity contribution in [3.63, 3.8) is 0 Å². The first-order valence-corrected chi connectivity index (χ1v) is 8.05. The van der Waals surface area contributed by atoms with E-state index in [1.165, 1.54) is 0 Å². The number of nitrogens with zero attached hydrogens (tertiary/aromatic N) is 2. The average Bonchev–Trinajstić information content (AvgIpc) is 2.66. The van der Waals surface area contributed by atoms with Crippen LogP contribution in [0.5, 0.6) is 5.88 Å². The van der Waals surface area contributed by atoms with Crippen LogP contribution in [0, 0.1) is 0 Å². The first kappa shape index (κ1) is 16.7. The van der Waals surface area contributed by atoms with Crippen LogP contribution >= 0.6 is 0 Å². The lowest BCUT2D eigenvalue weighted by atomic mass is 10.1. The molecule has 0 aliphatic heterocycles. The van der Waals surface area contributed by atoms with Gasteiger partial charge in [0.2, 0.25) is 5.88 Å². The highest BCUT2D eigenvalue weighted by Gasteiger charge is 2.11. The van der Waals surface area contributed by atoms with Crippen LogP contribution in [-0.4, -0.2) is 23.1 Å². The van der Waals surface area contributed by atoms with E-state index in [1.807, 2.05) is 55.5 Å². The summed E-state index contributed by atoms with van der Waals surface area (Å²) < 4.78 is 5.24. The van der Waals surface area contributed by atoms with E-state index in [-0.39, 0.29) is 12.1 Å². The molecular formula is C19H20N4O2. The Morgan fingerprint density at radius 3 is 2.76 bits per heavy atom. The van der Waals surface area contributed by atoms with E-state index < -0.39 is 0 Å². The lowest BCUT2D eigenvalue weighted by Gasteiger charge is -2.15. The maximum atomic E-state index is 12.2. The Kier molecular flexibility index (Phi) is 5.09. The quantitative estimate of drug-likeness (QED) is 0.750. The molecule has 128 valence electrons. The first-order valence-electron chi connectivity index (χ1n) is 8.05. The number of hydrogen-bond acceptors (Lipinski definition) is 4. The molecule has 0 saturated heterocycles. The van der Waals surface area contributed by atoms with E-state index in [2.05, 4.69) is 20.6 Å². The third kappa shape index (κ3) is 4.03. The van der Waals surface area contributed by atoms with Gasteiger partial charge in [-0.15, -0.1) is 0 Å². The smallest absolute Gasteiger partial charge is 0.315 e. The molecular weight excluding hydrogens is 316 g/mol. The van der Waals surface area contributed by atoms with E-state index in [0.717, 1.165) is 22.2 Å². The number of fused-ring (bicyclic) bond motifs is 1.